The van der Waals surface area contributed by atoms with Crippen molar-refractivity contribution in [2.75, 3.05) is 0 Å². The molecule has 0 fully saturated rings. The van der Waals surface area contributed by atoms with E-state index in [9.17, 15) is 9.59 Å². The summed E-state index contributed by atoms with van der Waals surface area (Å²) < 4.78 is 1.42. The molecule has 0 radical (unpaired) electrons. The Morgan fingerprint density at radius 1 is 1.03 bits per heavy atom. The molecule has 0 unspecified atom stereocenters. The van der Waals surface area contributed by atoms with Gasteiger partial charge in [-0.3, -0.25) is 14.2 Å². The minimum Gasteiger partial charge on any atom is -0.292 e. The molecule has 0 aliphatic heterocycles. The highest BCUT2D eigenvalue weighted by atomic mass is 32.1. The fourth-order valence-corrected chi connectivity index (χ4v) is 4.46. The highest BCUT2D eigenvalue weighted by Gasteiger charge is 2.15. The fourth-order valence-electron chi connectivity index (χ4n) is 3.47. The van der Waals surface area contributed by atoms with Crippen molar-refractivity contribution in [3.63, 3.8) is 0 Å². The molecule has 0 aliphatic rings. The van der Waals surface area contributed by atoms with E-state index < -0.39 is 0 Å². The Morgan fingerprint density at radius 3 is 2.55 bits per heavy atom. The van der Waals surface area contributed by atoms with Gasteiger partial charge in [-0.1, -0.05) is 56.3 Å². The molecule has 0 N–H and O–H groups in total. The van der Waals surface area contributed by atoms with Crippen LogP contribution in [0.5, 0.6) is 0 Å². The number of ketones is 1. The molecule has 4 nitrogen and oxygen atoms in total. The summed E-state index contributed by atoms with van der Waals surface area (Å²) >= 11 is 1.49. The number of aryl methyl sites for hydroxylation is 2. The van der Waals surface area contributed by atoms with Gasteiger partial charge in [0.05, 0.1) is 18.3 Å². The van der Waals surface area contributed by atoms with Crippen LogP contribution in [0.25, 0.3) is 20.7 Å². The summed E-state index contributed by atoms with van der Waals surface area (Å²) in [4.78, 5) is 32.1. The third-order valence-corrected chi connectivity index (χ3v) is 6.25. The van der Waals surface area contributed by atoms with Crippen LogP contribution in [0.15, 0.2) is 65.7 Å². The van der Waals surface area contributed by atoms with Gasteiger partial charge in [0, 0.05) is 10.4 Å². The van der Waals surface area contributed by atoms with Crippen molar-refractivity contribution in [3.8, 4) is 10.4 Å². The summed E-state index contributed by atoms with van der Waals surface area (Å²) in [5.74, 6) is -0.0566. The van der Waals surface area contributed by atoms with Crippen LogP contribution in [0.1, 0.15) is 35.3 Å². The van der Waals surface area contributed by atoms with E-state index in [-0.39, 0.29) is 17.9 Å². The predicted octanol–water partition coefficient (Wildman–Crippen LogP) is 5.13. The van der Waals surface area contributed by atoms with Crippen LogP contribution in [0.2, 0.25) is 0 Å². The molecule has 0 amide bonds. The van der Waals surface area contributed by atoms with Gasteiger partial charge in [-0.2, -0.15) is 0 Å². The number of rotatable bonds is 6. The number of benzene rings is 2. The lowest BCUT2D eigenvalue weighted by Gasteiger charge is -2.10. The Hall–Kier alpha value is -3.05. The summed E-state index contributed by atoms with van der Waals surface area (Å²) in [6.07, 6.45) is 3.14. The first-order valence-corrected chi connectivity index (χ1v) is 10.6. The summed E-state index contributed by atoms with van der Waals surface area (Å²) in [6, 6.07) is 17.8. The van der Waals surface area contributed by atoms with Gasteiger partial charge in [0.1, 0.15) is 4.83 Å². The summed E-state index contributed by atoms with van der Waals surface area (Å²) in [5.41, 5.74) is 3.72. The van der Waals surface area contributed by atoms with E-state index in [2.05, 4.69) is 18.0 Å². The predicted molar refractivity (Wildman–Crippen MR) is 119 cm³/mol. The minimum atomic E-state index is -0.175. The number of Topliss-reactive ketones (excluding diaryl/α,β-unsaturated/α-hetero) is 1. The normalized spacial score (nSPS) is 11.1. The molecule has 0 bridgehead atoms. The Bertz CT molecular complexity index is 1240. The lowest BCUT2D eigenvalue weighted by Crippen LogP contribution is -2.24. The SMILES string of the molecule is CCc1ccc(CC)c(C(=O)Cn2cnc3sc(-c4ccccc4)cc3c2=O)c1. The van der Waals surface area contributed by atoms with Gasteiger partial charge in [0.25, 0.3) is 5.56 Å². The van der Waals surface area contributed by atoms with Crippen molar-refractivity contribution in [2.24, 2.45) is 0 Å². The van der Waals surface area contributed by atoms with Gasteiger partial charge in [0.15, 0.2) is 5.78 Å². The summed E-state index contributed by atoms with van der Waals surface area (Å²) in [5, 5.41) is 0.558. The molecule has 0 spiro atoms. The molecule has 0 saturated carbocycles. The summed E-state index contributed by atoms with van der Waals surface area (Å²) in [6.45, 7) is 4.10. The fraction of sp³-hybridized carbons (Fsp3) is 0.208. The number of hydrogen-bond donors (Lipinski definition) is 0. The highest BCUT2D eigenvalue weighted by molar-refractivity contribution is 7.21. The third-order valence-electron chi connectivity index (χ3n) is 5.15. The van der Waals surface area contributed by atoms with Gasteiger partial charge in [-0.15, -0.1) is 11.3 Å². The maximum atomic E-state index is 13.0. The number of aromatic nitrogens is 2. The average molecular weight is 403 g/mol. The number of nitrogens with zero attached hydrogens (tertiary/aromatic N) is 2. The molecule has 2 aromatic heterocycles. The molecule has 0 aliphatic carbocycles. The Kier molecular flexibility index (Phi) is 5.41. The van der Waals surface area contributed by atoms with Crippen LogP contribution in [0, 0.1) is 0 Å². The summed E-state index contributed by atoms with van der Waals surface area (Å²) in [7, 11) is 0. The monoisotopic (exact) mass is 402 g/mol. The average Bonchev–Trinajstić information content (AvgIpc) is 3.21. The van der Waals surface area contributed by atoms with Crippen LogP contribution in [0.4, 0.5) is 0 Å². The molecule has 5 heteroatoms. The maximum absolute atomic E-state index is 13.0. The number of thiophene rings is 1. The standard InChI is InChI=1S/C24H22N2O2S/c1-3-16-10-11-17(4-2)19(12-16)21(27)14-26-15-25-23-20(24(26)28)13-22(29-23)18-8-6-5-7-9-18/h5-13,15H,3-4,14H2,1-2H3. The Balaban J connectivity index is 1.69. The number of hydrogen-bond acceptors (Lipinski definition) is 4. The van der Waals surface area contributed by atoms with Crippen LogP contribution < -0.4 is 5.56 Å². The van der Waals surface area contributed by atoms with Crippen LogP contribution in [-0.4, -0.2) is 15.3 Å². The molecule has 146 valence electrons. The molecule has 0 saturated heterocycles. The van der Waals surface area contributed by atoms with E-state index >= 15 is 0 Å². The minimum absolute atomic E-state index is 0.00153. The Morgan fingerprint density at radius 2 is 1.83 bits per heavy atom. The zero-order valence-electron chi connectivity index (χ0n) is 16.5. The lowest BCUT2D eigenvalue weighted by molar-refractivity contribution is 0.0969. The van der Waals surface area contributed by atoms with E-state index in [1.54, 1.807) is 0 Å². The van der Waals surface area contributed by atoms with Crippen molar-refractivity contribution >= 4 is 27.3 Å². The van der Waals surface area contributed by atoms with Crippen molar-refractivity contribution in [1.82, 2.24) is 9.55 Å². The van der Waals surface area contributed by atoms with Gasteiger partial charge in [0.2, 0.25) is 0 Å². The zero-order chi connectivity index (χ0) is 20.4. The Labute approximate surface area is 173 Å². The quantitative estimate of drug-likeness (QED) is 0.420. The van der Waals surface area contributed by atoms with Crippen LogP contribution >= 0.6 is 11.3 Å². The first kappa shape index (κ1) is 19.3. The van der Waals surface area contributed by atoms with Gasteiger partial charge in [-0.05, 0) is 41.7 Å². The largest absolute Gasteiger partial charge is 0.292 e. The second-order valence-corrected chi connectivity index (χ2v) is 8.03. The van der Waals surface area contributed by atoms with Gasteiger partial charge < -0.3 is 0 Å². The van der Waals surface area contributed by atoms with Crippen molar-refractivity contribution < 1.29 is 4.79 Å². The van der Waals surface area contributed by atoms with Gasteiger partial charge in [-0.25, -0.2) is 4.98 Å². The van der Waals surface area contributed by atoms with E-state index in [1.807, 2.05) is 55.5 Å². The lowest BCUT2D eigenvalue weighted by atomic mass is 9.97. The molecule has 4 aromatic rings. The van der Waals surface area contributed by atoms with Gasteiger partial charge >= 0.3 is 0 Å². The molecule has 2 aromatic carbocycles. The smallest absolute Gasteiger partial charge is 0.262 e. The van der Waals surface area contributed by atoms with Crippen molar-refractivity contribution in [2.45, 2.75) is 33.2 Å². The maximum Gasteiger partial charge on any atom is 0.262 e. The third kappa shape index (κ3) is 3.78. The van der Waals surface area contributed by atoms with Crippen LogP contribution in [0.3, 0.4) is 0 Å². The van der Waals surface area contributed by atoms with E-state index in [1.165, 1.54) is 22.2 Å². The molecule has 29 heavy (non-hydrogen) atoms. The van der Waals surface area contributed by atoms with E-state index in [0.29, 0.717) is 15.8 Å². The van der Waals surface area contributed by atoms with Crippen LogP contribution in [-0.2, 0) is 19.4 Å². The molecular formula is C24H22N2O2S. The first-order chi connectivity index (χ1) is 14.1. The molecule has 0 atom stereocenters. The highest BCUT2D eigenvalue weighted by Crippen LogP contribution is 2.30. The zero-order valence-corrected chi connectivity index (χ0v) is 17.3. The van der Waals surface area contributed by atoms with Crippen molar-refractivity contribution in [3.05, 3.63) is 88.0 Å². The number of carbonyl (C=O) groups excluding carboxylic acids is 1. The second-order valence-electron chi connectivity index (χ2n) is 6.99. The second kappa shape index (κ2) is 8.13. The van der Waals surface area contributed by atoms with E-state index in [0.717, 1.165) is 34.4 Å². The molecule has 2 heterocycles. The topological polar surface area (TPSA) is 52.0 Å². The van der Waals surface area contributed by atoms with E-state index in [4.69, 9.17) is 0 Å². The molecule has 4 rings (SSSR count). The molecular weight excluding hydrogens is 380 g/mol. The van der Waals surface area contributed by atoms with Crippen molar-refractivity contribution in [1.29, 1.82) is 0 Å². The first-order valence-electron chi connectivity index (χ1n) is 9.80. The number of carbonyl (C=O) groups is 1. The number of fused-ring (bicyclic) bond motifs is 1.